The zero-order valence-corrected chi connectivity index (χ0v) is 12.1. The fourth-order valence-electron chi connectivity index (χ4n) is 1.83. The molecule has 0 aliphatic heterocycles. The van der Waals surface area contributed by atoms with Gasteiger partial charge in [0.1, 0.15) is 0 Å². The Morgan fingerprint density at radius 3 is 2.64 bits per heavy atom. The maximum atomic E-state index is 12.3. The van der Waals surface area contributed by atoms with Crippen LogP contribution in [0, 0.1) is 0 Å². The lowest BCUT2D eigenvalue weighted by Gasteiger charge is -2.10. The van der Waals surface area contributed by atoms with E-state index in [1.165, 1.54) is 30.6 Å². The molecule has 0 saturated heterocycles. The number of ether oxygens (including phenoxy) is 2. The van der Waals surface area contributed by atoms with E-state index in [1.54, 1.807) is 6.07 Å². The molecule has 22 heavy (non-hydrogen) atoms. The topological polar surface area (TPSA) is 57.4 Å². The minimum absolute atomic E-state index is 0.0563. The van der Waals surface area contributed by atoms with Crippen molar-refractivity contribution in [2.24, 2.45) is 0 Å². The van der Waals surface area contributed by atoms with Crippen LogP contribution in [-0.2, 0) is 0 Å². The molecule has 5 nitrogen and oxygen atoms in total. The Morgan fingerprint density at radius 2 is 1.95 bits per heavy atom. The molecule has 3 aromatic rings. The summed E-state index contributed by atoms with van der Waals surface area (Å²) >= 11 is 1.48. The summed E-state index contributed by atoms with van der Waals surface area (Å²) in [5.41, 5.74) is 0.550. The highest BCUT2D eigenvalue weighted by Crippen LogP contribution is 2.34. The number of benzene rings is 1. The minimum Gasteiger partial charge on any atom is -0.493 e. The Kier molecular flexibility index (Phi) is 4.01. The molecule has 0 aliphatic rings. The smallest absolute Gasteiger partial charge is 0.387 e. The number of aromatic nitrogens is 2. The zero-order chi connectivity index (χ0) is 15.5. The molecule has 0 atom stereocenters. The summed E-state index contributed by atoms with van der Waals surface area (Å²) < 4.78 is 39.6. The monoisotopic (exact) mass is 324 g/mol. The Balaban J connectivity index is 1.92. The Labute approximate surface area is 128 Å². The van der Waals surface area contributed by atoms with Crippen molar-refractivity contribution in [3.05, 3.63) is 35.7 Å². The van der Waals surface area contributed by atoms with Gasteiger partial charge in [-0.25, -0.2) is 0 Å². The van der Waals surface area contributed by atoms with Crippen LogP contribution < -0.4 is 9.47 Å². The van der Waals surface area contributed by atoms with Gasteiger partial charge in [-0.3, -0.25) is 0 Å². The molecule has 2 heterocycles. The molecule has 0 spiro atoms. The quantitative estimate of drug-likeness (QED) is 0.708. The van der Waals surface area contributed by atoms with Gasteiger partial charge in [0.2, 0.25) is 5.89 Å². The average molecular weight is 324 g/mol. The molecule has 0 amide bonds. The number of nitrogens with zero attached hydrogens (tertiary/aromatic N) is 2. The largest absolute Gasteiger partial charge is 0.493 e. The summed E-state index contributed by atoms with van der Waals surface area (Å²) in [7, 11) is 1.36. The number of hydrogen-bond acceptors (Lipinski definition) is 6. The summed E-state index contributed by atoms with van der Waals surface area (Å²) in [5.74, 6) is 0.773. The van der Waals surface area contributed by atoms with Crippen molar-refractivity contribution < 1.29 is 22.7 Å². The second kappa shape index (κ2) is 6.10. The van der Waals surface area contributed by atoms with Crippen LogP contribution >= 0.6 is 11.3 Å². The molecule has 0 fully saturated rings. The highest BCUT2D eigenvalue weighted by atomic mass is 32.1. The fourth-order valence-corrected chi connectivity index (χ4v) is 2.48. The molecule has 3 rings (SSSR count). The number of hydrogen-bond donors (Lipinski definition) is 0. The molecule has 8 heteroatoms. The van der Waals surface area contributed by atoms with Gasteiger partial charge < -0.3 is 13.9 Å². The molecule has 114 valence electrons. The molecule has 1 aromatic carbocycles. The van der Waals surface area contributed by atoms with Gasteiger partial charge in [-0.2, -0.15) is 8.78 Å². The van der Waals surface area contributed by atoms with Crippen molar-refractivity contribution in [1.29, 1.82) is 0 Å². The predicted octanol–water partition coefficient (Wildman–Crippen LogP) is 4.08. The highest BCUT2D eigenvalue weighted by molar-refractivity contribution is 7.13. The van der Waals surface area contributed by atoms with Crippen LogP contribution in [0.4, 0.5) is 8.78 Å². The van der Waals surface area contributed by atoms with Crippen molar-refractivity contribution in [2.45, 2.75) is 6.61 Å². The van der Waals surface area contributed by atoms with Crippen molar-refractivity contribution in [2.75, 3.05) is 7.11 Å². The van der Waals surface area contributed by atoms with Crippen LogP contribution in [0.15, 0.2) is 40.1 Å². The molecule has 0 saturated carbocycles. The summed E-state index contributed by atoms with van der Waals surface area (Å²) in [4.78, 5) is 0.850. The van der Waals surface area contributed by atoms with Crippen LogP contribution in [0.2, 0.25) is 0 Å². The summed E-state index contributed by atoms with van der Waals surface area (Å²) in [6, 6.07) is 8.16. The second-order valence-electron chi connectivity index (χ2n) is 4.13. The highest BCUT2D eigenvalue weighted by Gasteiger charge is 2.15. The third-order valence-corrected chi connectivity index (χ3v) is 3.64. The van der Waals surface area contributed by atoms with E-state index in [0.717, 1.165) is 4.88 Å². The Bertz CT molecular complexity index is 759. The first-order chi connectivity index (χ1) is 10.7. The zero-order valence-electron chi connectivity index (χ0n) is 11.3. The SMILES string of the molecule is COc1cc(-c2nnc(-c3cccs3)o2)ccc1OC(F)F. The van der Waals surface area contributed by atoms with Crippen LogP contribution in [0.3, 0.4) is 0 Å². The van der Waals surface area contributed by atoms with Crippen molar-refractivity contribution >= 4 is 11.3 Å². The van der Waals surface area contributed by atoms with E-state index in [-0.39, 0.29) is 17.4 Å². The lowest BCUT2D eigenvalue weighted by Crippen LogP contribution is -2.03. The summed E-state index contributed by atoms with van der Waals surface area (Å²) in [5, 5.41) is 9.82. The van der Waals surface area contributed by atoms with E-state index in [4.69, 9.17) is 9.15 Å². The second-order valence-corrected chi connectivity index (χ2v) is 5.08. The van der Waals surface area contributed by atoms with E-state index in [2.05, 4.69) is 14.9 Å². The molecule has 0 aliphatic carbocycles. The Morgan fingerprint density at radius 1 is 1.14 bits per heavy atom. The number of alkyl halides is 2. The van der Waals surface area contributed by atoms with E-state index >= 15 is 0 Å². The van der Waals surface area contributed by atoms with Gasteiger partial charge in [0, 0.05) is 5.56 Å². The van der Waals surface area contributed by atoms with E-state index < -0.39 is 6.61 Å². The first-order valence-corrected chi connectivity index (χ1v) is 7.06. The van der Waals surface area contributed by atoms with Gasteiger partial charge in [-0.05, 0) is 29.6 Å². The van der Waals surface area contributed by atoms with Crippen molar-refractivity contribution in [1.82, 2.24) is 10.2 Å². The van der Waals surface area contributed by atoms with Gasteiger partial charge >= 0.3 is 6.61 Å². The third kappa shape index (κ3) is 2.91. The van der Waals surface area contributed by atoms with Gasteiger partial charge in [-0.15, -0.1) is 21.5 Å². The lowest BCUT2D eigenvalue weighted by atomic mass is 10.2. The third-order valence-electron chi connectivity index (χ3n) is 2.78. The molecule has 0 radical (unpaired) electrons. The maximum Gasteiger partial charge on any atom is 0.387 e. The van der Waals surface area contributed by atoms with Crippen LogP contribution in [0.25, 0.3) is 22.2 Å². The number of halogens is 2. The van der Waals surface area contributed by atoms with Crippen LogP contribution in [0.1, 0.15) is 0 Å². The number of rotatable bonds is 5. The van der Waals surface area contributed by atoms with E-state index in [9.17, 15) is 8.78 Å². The van der Waals surface area contributed by atoms with Gasteiger partial charge in [0.15, 0.2) is 11.5 Å². The average Bonchev–Trinajstić information content (AvgIpc) is 3.18. The molecule has 0 bridgehead atoms. The lowest BCUT2D eigenvalue weighted by molar-refractivity contribution is -0.0512. The fraction of sp³-hybridized carbons (Fsp3) is 0.143. The molecule has 2 aromatic heterocycles. The number of methoxy groups -OCH3 is 1. The van der Waals surface area contributed by atoms with Crippen molar-refractivity contribution in [3.63, 3.8) is 0 Å². The molecule has 0 unspecified atom stereocenters. The van der Waals surface area contributed by atoms with Crippen LogP contribution in [-0.4, -0.2) is 23.9 Å². The molecular formula is C14H10F2N2O3S. The summed E-state index contributed by atoms with van der Waals surface area (Å²) in [6.45, 7) is -2.92. The summed E-state index contributed by atoms with van der Waals surface area (Å²) in [6.07, 6.45) is 0. The van der Waals surface area contributed by atoms with E-state index in [1.807, 2.05) is 17.5 Å². The molecule has 0 N–H and O–H groups in total. The van der Waals surface area contributed by atoms with Gasteiger partial charge in [-0.1, -0.05) is 6.07 Å². The molecular weight excluding hydrogens is 314 g/mol. The first kappa shape index (κ1) is 14.5. The standard InChI is InChI=1S/C14H10F2N2O3S/c1-19-10-7-8(4-5-9(10)20-14(15)16)12-17-18-13(21-12)11-3-2-6-22-11/h2-7,14H,1H3. The predicted molar refractivity (Wildman–Crippen MR) is 76.2 cm³/mol. The minimum atomic E-state index is -2.92. The van der Waals surface area contributed by atoms with Crippen molar-refractivity contribution in [3.8, 4) is 33.7 Å². The first-order valence-electron chi connectivity index (χ1n) is 6.18. The van der Waals surface area contributed by atoms with Gasteiger partial charge in [0.05, 0.1) is 12.0 Å². The van der Waals surface area contributed by atoms with Gasteiger partial charge in [0.25, 0.3) is 5.89 Å². The normalized spacial score (nSPS) is 10.9. The Hall–Kier alpha value is -2.48. The maximum absolute atomic E-state index is 12.3. The number of thiophene rings is 1. The van der Waals surface area contributed by atoms with E-state index in [0.29, 0.717) is 11.5 Å². The van der Waals surface area contributed by atoms with Crippen LogP contribution in [0.5, 0.6) is 11.5 Å².